The summed E-state index contributed by atoms with van der Waals surface area (Å²) in [5.74, 6) is 1.08. The molecular weight excluding hydrogens is 504 g/mol. The van der Waals surface area contributed by atoms with Crippen LogP contribution >= 0.6 is 0 Å². The Labute approximate surface area is 230 Å². The van der Waals surface area contributed by atoms with Crippen molar-refractivity contribution >= 4 is 17.5 Å². The van der Waals surface area contributed by atoms with E-state index >= 15 is 0 Å². The van der Waals surface area contributed by atoms with E-state index in [-0.39, 0.29) is 23.7 Å². The van der Waals surface area contributed by atoms with Crippen LogP contribution in [0.5, 0.6) is 11.6 Å². The van der Waals surface area contributed by atoms with Crippen LogP contribution in [0.4, 0.5) is 0 Å². The molecule has 5 aromatic rings. The predicted octanol–water partition coefficient (Wildman–Crippen LogP) is 4.19. The monoisotopic (exact) mass is 530 g/mol. The maximum absolute atomic E-state index is 13.1. The van der Waals surface area contributed by atoms with Crippen molar-refractivity contribution in [3.05, 3.63) is 115 Å². The summed E-state index contributed by atoms with van der Waals surface area (Å²) in [5, 5.41) is 5.09. The van der Waals surface area contributed by atoms with Crippen molar-refractivity contribution in [3.8, 4) is 22.9 Å². The molecule has 2 fully saturated rings. The molecule has 2 amide bonds. The van der Waals surface area contributed by atoms with E-state index < -0.39 is 0 Å². The van der Waals surface area contributed by atoms with Crippen molar-refractivity contribution in [2.24, 2.45) is 11.8 Å². The van der Waals surface area contributed by atoms with Gasteiger partial charge in [-0.3, -0.25) is 15.0 Å². The minimum atomic E-state index is -0.273. The average molecular weight is 531 g/mol. The number of rotatable bonds is 7. The highest BCUT2D eigenvalue weighted by atomic mass is 16.5. The van der Waals surface area contributed by atoms with E-state index in [1.165, 1.54) is 0 Å². The number of carbonyl (C=O) groups excluding carboxylic acids is 2. The molecule has 1 saturated carbocycles. The van der Waals surface area contributed by atoms with Gasteiger partial charge in [-0.05, 0) is 48.5 Å². The number of nitrogens with one attached hydrogen (secondary N) is 2. The summed E-state index contributed by atoms with van der Waals surface area (Å²) in [6.45, 7) is 1.33. The first-order valence-corrected chi connectivity index (χ1v) is 13.2. The normalized spacial score (nSPS) is 19.6. The second kappa shape index (κ2) is 9.94. The molecule has 1 aliphatic heterocycles. The molecule has 4 heterocycles. The fraction of sp³-hybridized carbons (Fsp3) is 0.161. The van der Waals surface area contributed by atoms with Gasteiger partial charge in [0.05, 0.1) is 5.69 Å². The molecule has 7 rings (SSSR count). The second-order valence-electron chi connectivity index (χ2n) is 10.1. The Morgan fingerprint density at radius 2 is 1.70 bits per heavy atom. The fourth-order valence-electron chi connectivity index (χ4n) is 5.41. The Morgan fingerprint density at radius 3 is 2.52 bits per heavy atom. The van der Waals surface area contributed by atoms with E-state index in [9.17, 15) is 9.59 Å². The Hall–Kier alpha value is -5.02. The molecule has 0 spiro atoms. The van der Waals surface area contributed by atoms with Crippen molar-refractivity contribution in [1.82, 2.24) is 30.1 Å². The van der Waals surface area contributed by atoms with E-state index in [0.717, 1.165) is 16.9 Å². The first-order valence-electron chi connectivity index (χ1n) is 13.2. The van der Waals surface area contributed by atoms with Gasteiger partial charge in [-0.25, -0.2) is 15.0 Å². The first kappa shape index (κ1) is 24.1. The van der Waals surface area contributed by atoms with Crippen molar-refractivity contribution in [1.29, 1.82) is 0 Å². The number of aromatic nitrogens is 3. The van der Waals surface area contributed by atoms with Gasteiger partial charge >= 0.3 is 0 Å². The average Bonchev–Trinajstić information content (AvgIpc) is 3.31. The number of para-hydroxylation sites is 1. The van der Waals surface area contributed by atoms with Crippen LogP contribution in [-0.2, 0) is 0 Å². The molecule has 1 unspecified atom stereocenters. The fourth-order valence-corrected chi connectivity index (χ4v) is 5.41. The number of fused-ring (bicyclic) bond motifs is 2. The smallest absolute Gasteiger partial charge is 0.271 e. The zero-order valence-electron chi connectivity index (χ0n) is 21.5. The number of benzene rings is 2. The number of amides is 2. The van der Waals surface area contributed by atoms with E-state index in [1.807, 2.05) is 94.6 Å². The van der Waals surface area contributed by atoms with Crippen LogP contribution in [-0.4, -0.2) is 50.3 Å². The third kappa shape index (κ3) is 4.67. The molecule has 0 bridgehead atoms. The van der Waals surface area contributed by atoms with E-state index in [2.05, 4.69) is 20.7 Å². The number of pyridine rings is 2. The lowest BCUT2D eigenvalue weighted by Gasteiger charge is -2.21. The highest BCUT2D eigenvalue weighted by molar-refractivity contribution is 5.96. The topological polar surface area (TPSA) is 101 Å². The second-order valence-corrected chi connectivity index (χ2v) is 10.1. The van der Waals surface area contributed by atoms with E-state index in [0.29, 0.717) is 41.8 Å². The summed E-state index contributed by atoms with van der Waals surface area (Å²) in [6, 6.07) is 26.2. The Kier molecular flexibility index (Phi) is 5.98. The summed E-state index contributed by atoms with van der Waals surface area (Å²) in [4.78, 5) is 35.0. The van der Waals surface area contributed by atoms with Crippen molar-refractivity contribution in [2.45, 2.75) is 6.04 Å². The minimum Gasteiger partial charge on any atom is -0.438 e. The maximum atomic E-state index is 13.1. The van der Waals surface area contributed by atoms with Crippen LogP contribution in [0.3, 0.4) is 0 Å². The van der Waals surface area contributed by atoms with Crippen LogP contribution in [0.25, 0.3) is 16.9 Å². The van der Waals surface area contributed by atoms with Crippen LogP contribution < -0.4 is 15.5 Å². The quantitative estimate of drug-likeness (QED) is 0.327. The number of piperidine rings is 1. The van der Waals surface area contributed by atoms with Gasteiger partial charge in [-0.1, -0.05) is 36.4 Å². The van der Waals surface area contributed by atoms with Crippen LogP contribution in [0.15, 0.2) is 104 Å². The van der Waals surface area contributed by atoms with E-state index in [4.69, 9.17) is 4.74 Å². The number of carbonyl (C=O) groups is 2. The van der Waals surface area contributed by atoms with Gasteiger partial charge in [0.2, 0.25) is 5.88 Å². The highest BCUT2D eigenvalue weighted by Gasteiger charge is 2.56. The summed E-state index contributed by atoms with van der Waals surface area (Å²) >= 11 is 0. The molecule has 2 aromatic carbocycles. The number of nitrogens with zero attached hydrogens (tertiary/aromatic N) is 4. The zero-order valence-corrected chi connectivity index (χ0v) is 21.5. The van der Waals surface area contributed by atoms with Crippen LogP contribution in [0.2, 0.25) is 0 Å². The molecule has 198 valence electrons. The highest BCUT2D eigenvalue weighted by Crippen LogP contribution is 2.45. The third-order valence-corrected chi connectivity index (χ3v) is 7.51. The number of hydrogen-bond donors (Lipinski definition) is 2. The van der Waals surface area contributed by atoms with Crippen molar-refractivity contribution in [3.63, 3.8) is 0 Å². The molecule has 1 aliphatic carbocycles. The molecular formula is C31H26N6O3. The standard InChI is InChI=1S/C31H26N6O3/c38-29(21-9-6-8-20(16-21)26-19-36-15-5-4-13-27(36)33-26)34-28-24-17-37(18-25(24)28)35-30(39)23-12-7-14-32-31(23)40-22-10-2-1-3-11-22/h1-16,19,24-25,28H,17-18H2,(H,34,38)(H,35,39)/t24-,25+,28?. The van der Waals surface area contributed by atoms with Gasteiger partial charge in [0.1, 0.15) is 17.0 Å². The number of ether oxygens (including phenoxy) is 1. The maximum Gasteiger partial charge on any atom is 0.271 e. The van der Waals surface area contributed by atoms with Crippen LogP contribution in [0, 0.1) is 11.8 Å². The molecule has 2 aliphatic rings. The molecule has 0 radical (unpaired) electrons. The summed E-state index contributed by atoms with van der Waals surface area (Å²) in [7, 11) is 0. The van der Waals surface area contributed by atoms with Crippen molar-refractivity contribution < 1.29 is 14.3 Å². The summed E-state index contributed by atoms with van der Waals surface area (Å²) < 4.78 is 7.80. The lowest BCUT2D eigenvalue weighted by molar-refractivity contribution is 0.0792. The summed E-state index contributed by atoms with van der Waals surface area (Å²) in [6.07, 6.45) is 5.51. The van der Waals surface area contributed by atoms with Gasteiger partial charge in [0.25, 0.3) is 11.8 Å². The molecule has 3 aromatic heterocycles. The predicted molar refractivity (Wildman–Crippen MR) is 149 cm³/mol. The van der Waals surface area contributed by atoms with Gasteiger partial charge in [0.15, 0.2) is 0 Å². The number of hydrazine groups is 1. The van der Waals surface area contributed by atoms with Gasteiger partial charge < -0.3 is 14.5 Å². The molecule has 2 N–H and O–H groups in total. The number of hydrogen-bond acceptors (Lipinski definition) is 6. The minimum absolute atomic E-state index is 0.0925. The Morgan fingerprint density at radius 1 is 0.875 bits per heavy atom. The Bertz CT molecular complexity index is 1670. The van der Waals surface area contributed by atoms with Crippen LogP contribution in [0.1, 0.15) is 20.7 Å². The van der Waals surface area contributed by atoms with Crippen molar-refractivity contribution in [2.75, 3.05) is 13.1 Å². The lowest BCUT2D eigenvalue weighted by Crippen LogP contribution is -2.44. The lowest BCUT2D eigenvalue weighted by atomic mass is 10.1. The third-order valence-electron chi connectivity index (χ3n) is 7.51. The molecule has 9 nitrogen and oxygen atoms in total. The first-order chi connectivity index (χ1) is 19.6. The van der Waals surface area contributed by atoms with Gasteiger partial charge in [-0.2, -0.15) is 0 Å². The SMILES string of the molecule is O=C(NC1[C@H]2CN(NC(=O)c3cccnc3Oc3ccccc3)C[C@@H]12)c1cccc(-c2cn3ccccc3n2)c1. The molecule has 9 heteroatoms. The molecule has 40 heavy (non-hydrogen) atoms. The van der Waals surface area contributed by atoms with E-state index in [1.54, 1.807) is 18.3 Å². The molecule has 3 atom stereocenters. The zero-order chi connectivity index (χ0) is 27.1. The van der Waals surface area contributed by atoms with Gasteiger partial charge in [-0.15, -0.1) is 0 Å². The Balaban J connectivity index is 0.955. The summed E-state index contributed by atoms with van der Waals surface area (Å²) in [5.41, 5.74) is 6.52. The largest absolute Gasteiger partial charge is 0.438 e. The number of imidazole rings is 1. The van der Waals surface area contributed by atoms with Gasteiger partial charge in [0, 0.05) is 60.7 Å². The molecule has 1 saturated heterocycles.